The minimum Gasteiger partial charge on any atom is -0.377 e. The van der Waals surface area contributed by atoms with Gasteiger partial charge in [-0.05, 0) is 19.2 Å². The minimum atomic E-state index is -0.361. The van der Waals surface area contributed by atoms with Gasteiger partial charge in [0.1, 0.15) is 0 Å². The van der Waals surface area contributed by atoms with Crippen LogP contribution < -0.4 is 10.2 Å². The highest BCUT2D eigenvalue weighted by Crippen LogP contribution is 2.31. The highest BCUT2D eigenvalue weighted by atomic mass is 16.6. The van der Waals surface area contributed by atoms with Gasteiger partial charge in [0, 0.05) is 51.6 Å². The van der Waals surface area contributed by atoms with E-state index in [2.05, 4.69) is 27.3 Å². The first-order valence-corrected chi connectivity index (χ1v) is 7.97. The zero-order chi connectivity index (χ0) is 17.1. The maximum absolute atomic E-state index is 11.1. The number of likely N-dealkylation sites (N-methyl/N-ethyl adjacent to an activating group) is 1. The fourth-order valence-corrected chi connectivity index (χ4v) is 2.85. The van der Waals surface area contributed by atoms with Gasteiger partial charge in [0.25, 0.3) is 5.69 Å². The van der Waals surface area contributed by atoms with Gasteiger partial charge in [-0.1, -0.05) is 0 Å². The molecule has 1 aliphatic rings. The van der Waals surface area contributed by atoms with E-state index in [0.717, 1.165) is 43.2 Å². The number of nitro groups is 1. The molecule has 1 fully saturated rings. The van der Waals surface area contributed by atoms with Gasteiger partial charge in [-0.3, -0.25) is 14.8 Å². The van der Waals surface area contributed by atoms with E-state index < -0.39 is 0 Å². The van der Waals surface area contributed by atoms with Crippen molar-refractivity contribution in [1.82, 2.24) is 14.7 Å². The Balaban J connectivity index is 1.82. The first-order chi connectivity index (χ1) is 11.5. The van der Waals surface area contributed by atoms with Gasteiger partial charge >= 0.3 is 0 Å². The predicted octanol–water partition coefficient (Wildman–Crippen LogP) is 1.69. The summed E-state index contributed by atoms with van der Waals surface area (Å²) in [5, 5.41) is 18.7. The number of rotatable bonds is 5. The van der Waals surface area contributed by atoms with E-state index in [1.54, 1.807) is 16.8 Å². The molecule has 128 valence electrons. The molecule has 0 radical (unpaired) electrons. The van der Waals surface area contributed by atoms with Gasteiger partial charge < -0.3 is 15.1 Å². The Kier molecular flexibility index (Phi) is 4.66. The van der Waals surface area contributed by atoms with E-state index in [9.17, 15) is 10.1 Å². The molecule has 24 heavy (non-hydrogen) atoms. The topological polar surface area (TPSA) is 79.5 Å². The molecule has 3 rings (SSSR count). The Labute approximate surface area is 140 Å². The number of nitro benzene ring substituents is 1. The third kappa shape index (κ3) is 3.65. The van der Waals surface area contributed by atoms with Crippen LogP contribution in [0.1, 0.15) is 5.69 Å². The standard InChI is InChI=1S/C16H22N6O2/c1-19-7-9-21(10-8-19)16-4-3-14(22(23)24)11-15(16)17-12-13-5-6-20(2)18-13/h3-6,11,17H,7-10,12H2,1-2H3. The van der Waals surface area contributed by atoms with Crippen LogP contribution in [-0.2, 0) is 13.6 Å². The minimum absolute atomic E-state index is 0.0939. The number of benzene rings is 1. The molecule has 0 amide bonds. The van der Waals surface area contributed by atoms with Gasteiger partial charge in [0.05, 0.1) is 28.5 Å². The molecule has 0 saturated carbocycles. The number of aromatic nitrogens is 2. The zero-order valence-electron chi connectivity index (χ0n) is 14.0. The molecule has 1 aromatic heterocycles. The number of non-ortho nitro benzene ring substituents is 1. The largest absolute Gasteiger partial charge is 0.377 e. The highest BCUT2D eigenvalue weighted by Gasteiger charge is 2.19. The molecule has 8 nitrogen and oxygen atoms in total. The molecule has 1 N–H and O–H groups in total. The van der Waals surface area contributed by atoms with Gasteiger partial charge in [0.2, 0.25) is 0 Å². The van der Waals surface area contributed by atoms with E-state index in [4.69, 9.17) is 0 Å². The summed E-state index contributed by atoms with van der Waals surface area (Å²) in [6.07, 6.45) is 1.88. The quantitative estimate of drug-likeness (QED) is 0.664. The van der Waals surface area contributed by atoms with Crippen molar-refractivity contribution >= 4 is 17.1 Å². The van der Waals surface area contributed by atoms with Crippen LogP contribution in [0.25, 0.3) is 0 Å². The molecule has 2 heterocycles. The highest BCUT2D eigenvalue weighted by molar-refractivity contribution is 5.73. The third-order valence-electron chi connectivity index (χ3n) is 4.26. The lowest BCUT2D eigenvalue weighted by atomic mass is 10.2. The van der Waals surface area contributed by atoms with Crippen molar-refractivity contribution in [2.45, 2.75) is 6.54 Å². The van der Waals surface area contributed by atoms with E-state index >= 15 is 0 Å². The van der Waals surface area contributed by atoms with Gasteiger partial charge in [-0.25, -0.2) is 0 Å². The van der Waals surface area contributed by atoms with Crippen molar-refractivity contribution in [1.29, 1.82) is 0 Å². The fourth-order valence-electron chi connectivity index (χ4n) is 2.85. The van der Waals surface area contributed by atoms with Crippen LogP contribution in [0.4, 0.5) is 17.1 Å². The van der Waals surface area contributed by atoms with Crippen molar-refractivity contribution in [2.75, 3.05) is 43.4 Å². The second kappa shape index (κ2) is 6.88. The van der Waals surface area contributed by atoms with Crippen molar-refractivity contribution in [2.24, 2.45) is 7.05 Å². The number of hydrogen-bond acceptors (Lipinski definition) is 6. The number of piperazine rings is 1. The maximum atomic E-state index is 11.1. The summed E-state index contributed by atoms with van der Waals surface area (Å²) in [4.78, 5) is 15.3. The second-order valence-corrected chi connectivity index (χ2v) is 6.08. The van der Waals surface area contributed by atoms with Gasteiger partial charge in [-0.2, -0.15) is 5.10 Å². The Morgan fingerprint density at radius 3 is 2.58 bits per heavy atom. The summed E-state index contributed by atoms with van der Waals surface area (Å²) in [6, 6.07) is 6.94. The fraction of sp³-hybridized carbons (Fsp3) is 0.438. The van der Waals surface area contributed by atoms with Crippen LogP contribution in [0.15, 0.2) is 30.5 Å². The normalized spacial score (nSPS) is 15.5. The number of anilines is 2. The van der Waals surface area contributed by atoms with E-state index in [-0.39, 0.29) is 10.6 Å². The molecule has 0 unspecified atom stereocenters. The Hall–Kier alpha value is -2.61. The predicted molar refractivity (Wildman–Crippen MR) is 93.3 cm³/mol. The molecule has 1 saturated heterocycles. The smallest absolute Gasteiger partial charge is 0.271 e. The Morgan fingerprint density at radius 1 is 1.21 bits per heavy atom. The van der Waals surface area contributed by atoms with E-state index in [1.165, 1.54) is 0 Å². The molecule has 2 aromatic rings. The molecule has 1 aliphatic heterocycles. The zero-order valence-corrected chi connectivity index (χ0v) is 14.0. The summed E-state index contributed by atoms with van der Waals surface area (Å²) in [5.74, 6) is 0. The van der Waals surface area contributed by atoms with Crippen LogP contribution in [0.3, 0.4) is 0 Å². The number of nitrogens with one attached hydrogen (secondary N) is 1. The first kappa shape index (κ1) is 16.3. The molecule has 0 atom stereocenters. The maximum Gasteiger partial charge on any atom is 0.271 e. The van der Waals surface area contributed by atoms with Crippen molar-refractivity contribution in [3.05, 3.63) is 46.3 Å². The van der Waals surface area contributed by atoms with Crippen LogP contribution in [0.2, 0.25) is 0 Å². The number of nitrogens with zero attached hydrogens (tertiary/aromatic N) is 5. The molecule has 0 aliphatic carbocycles. The molecule has 0 bridgehead atoms. The second-order valence-electron chi connectivity index (χ2n) is 6.08. The average Bonchev–Trinajstić information content (AvgIpc) is 2.99. The summed E-state index contributed by atoms with van der Waals surface area (Å²) in [6.45, 7) is 4.31. The monoisotopic (exact) mass is 330 g/mol. The number of hydrogen-bond donors (Lipinski definition) is 1. The SMILES string of the molecule is CN1CCN(c2ccc([N+](=O)[O-])cc2NCc2ccn(C)n2)CC1. The third-order valence-corrected chi connectivity index (χ3v) is 4.26. The van der Waals surface area contributed by atoms with E-state index in [1.807, 2.05) is 25.4 Å². The van der Waals surface area contributed by atoms with Crippen LogP contribution >= 0.6 is 0 Å². The van der Waals surface area contributed by atoms with Crippen molar-refractivity contribution < 1.29 is 4.92 Å². The molecular weight excluding hydrogens is 308 g/mol. The lowest BCUT2D eigenvalue weighted by Gasteiger charge is -2.35. The average molecular weight is 330 g/mol. The summed E-state index contributed by atoms with van der Waals surface area (Å²) >= 11 is 0. The van der Waals surface area contributed by atoms with Crippen LogP contribution in [-0.4, -0.2) is 52.8 Å². The Bertz CT molecular complexity index is 721. The summed E-state index contributed by atoms with van der Waals surface area (Å²) < 4.78 is 1.74. The van der Waals surface area contributed by atoms with Gasteiger partial charge in [-0.15, -0.1) is 0 Å². The molecule has 1 aromatic carbocycles. The molecule has 8 heteroatoms. The molecule has 0 spiro atoms. The Morgan fingerprint density at radius 2 is 1.96 bits per heavy atom. The lowest BCUT2D eigenvalue weighted by molar-refractivity contribution is -0.384. The van der Waals surface area contributed by atoms with Crippen LogP contribution in [0.5, 0.6) is 0 Å². The first-order valence-electron chi connectivity index (χ1n) is 7.97. The summed E-state index contributed by atoms with van der Waals surface area (Å²) in [5.41, 5.74) is 2.77. The summed E-state index contributed by atoms with van der Waals surface area (Å²) in [7, 11) is 3.97. The van der Waals surface area contributed by atoms with Gasteiger partial charge in [0.15, 0.2) is 0 Å². The van der Waals surface area contributed by atoms with Crippen molar-refractivity contribution in [3.63, 3.8) is 0 Å². The number of aryl methyl sites for hydroxylation is 1. The molecular formula is C16H22N6O2. The lowest BCUT2D eigenvalue weighted by Crippen LogP contribution is -2.44. The van der Waals surface area contributed by atoms with Crippen LogP contribution in [0, 0.1) is 10.1 Å². The van der Waals surface area contributed by atoms with E-state index in [0.29, 0.717) is 6.54 Å². The van der Waals surface area contributed by atoms with Crippen molar-refractivity contribution in [3.8, 4) is 0 Å².